The summed E-state index contributed by atoms with van der Waals surface area (Å²) in [4.78, 5) is 4.00. The van der Waals surface area contributed by atoms with Gasteiger partial charge in [0.15, 0.2) is 0 Å². The highest BCUT2D eigenvalue weighted by Gasteiger charge is 2.16. The molecule has 1 aliphatic heterocycles. The van der Waals surface area contributed by atoms with Crippen molar-refractivity contribution in [3.05, 3.63) is 30.1 Å². The Kier molecular flexibility index (Phi) is 4.95. The molecule has 2 rings (SSSR count). The van der Waals surface area contributed by atoms with E-state index in [1.165, 1.54) is 18.4 Å². The van der Waals surface area contributed by atoms with Gasteiger partial charge in [-0.25, -0.2) is 0 Å². The van der Waals surface area contributed by atoms with Crippen LogP contribution in [0.25, 0.3) is 0 Å². The number of piperidine rings is 1. The van der Waals surface area contributed by atoms with Crippen LogP contribution in [0.15, 0.2) is 24.5 Å². The number of aliphatic hydroxyl groups is 1. The van der Waals surface area contributed by atoms with Gasteiger partial charge in [0.1, 0.15) is 0 Å². The smallest absolute Gasteiger partial charge is 0.0546 e. The highest BCUT2D eigenvalue weighted by molar-refractivity contribution is 5.09. The predicted molar refractivity (Wildman–Crippen MR) is 68.8 cm³/mol. The van der Waals surface area contributed by atoms with Gasteiger partial charge in [-0.3, -0.25) is 4.98 Å². The summed E-state index contributed by atoms with van der Waals surface area (Å²) in [5, 5.41) is 13.4. The van der Waals surface area contributed by atoms with Gasteiger partial charge < -0.3 is 10.4 Å². The van der Waals surface area contributed by atoms with Crippen molar-refractivity contribution in [1.82, 2.24) is 10.3 Å². The van der Waals surface area contributed by atoms with E-state index in [9.17, 15) is 5.11 Å². The fourth-order valence-corrected chi connectivity index (χ4v) is 2.50. The minimum atomic E-state index is -0.147. The van der Waals surface area contributed by atoms with Crippen molar-refractivity contribution < 1.29 is 5.11 Å². The lowest BCUT2D eigenvalue weighted by Gasteiger charge is -2.24. The largest absolute Gasteiger partial charge is 0.393 e. The molecule has 0 amide bonds. The van der Waals surface area contributed by atoms with Crippen LogP contribution in [0.2, 0.25) is 0 Å². The summed E-state index contributed by atoms with van der Waals surface area (Å²) in [6.07, 6.45) is 8.70. The molecule has 0 aromatic carbocycles. The van der Waals surface area contributed by atoms with Gasteiger partial charge in [0.05, 0.1) is 6.10 Å². The fraction of sp³-hybridized carbons (Fsp3) is 0.643. The summed E-state index contributed by atoms with van der Waals surface area (Å²) in [6.45, 7) is 2.23. The Bertz CT molecular complexity index is 309. The second kappa shape index (κ2) is 6.72. The van der Waals surface area contributed by atoms with Crippen LogP contribution in [-0.2, 0) is 6.42 Å². The van der Waals surface area contributed by atoms with Crippen molar-refractivity contribution in [2.45, 2.75) is 38.2 Å². The highest BCUT2D eigenvalue weighted by Crippen LogP contribution is 2.19. The van der Waals surface area contributed by atoms with Crippen LogP contribution in [-0.4, -0.2) is 29.3 Å². The molecule has 0 spiro atoms. The minimum absolute atomic E-state index is 0.147. The van der Waals surface area contributed by atoms with E-state index in [4.69, 9.17) is 0 Å². The molecule has 1 aromatic rings. The van der Waals surface area contributed by atoms with Crippen LogP contribution in [0.3, 0.4) is 0 Å². The number of hydrogen-bond donors (Lipinski definition) is 2. The molecule has 2 N–H and O–H groups in total. The maximum atomic E-state index is 10.0. The number of aromatic nitrogens is 1. The summed E-state index contributed by atoms with van der Waals surface area (Å²) < 4.78 is 0. The first-order valence-electron chi connectivity index (χ1n) is 6.62. The molecule has 1 unspecified atom stereocenters. The minimum Gasteiger partial charge on any atom is -0.393 e. The van der Waals surface area contributed by atoms with Crippen molar-refractivity contribution in [2.24, 2.45) is 5.92 Å². The van der Waals surface area contributed by atoms with E-state index < -0.39 is 0 Å². The first kappa shape index (κ1) is 12.5. The predicted octanol–water partition coefficient (Wildman–Crippen LogP) is 1.76. The summed E-state index contributed by atoms with van der Waals surface area (Å²) in [5.74, 6) is 0.712. The second-order valence-corrected chi connectivity index (χ2v) is 4.98. The van der Waals surface area contributed by atoms with Crippen LogP contribution >= 0.6 is 0 Å². The Morgan fingerprint density at radius 3 is 2.71 bits per heavy atom. The molecule has 0 aliphatic carbocycles. The summed E-state index contributed by atoms with van der Waals surface area (Å²) >= 11 is 0. The van der Waals surface area contributed by atoms with Crippen molar-refractivity contribution in [2.75, 3.05) is 13.1 Å². The summed E-state index contributed by atoms with van der Waals surface area (Å²) in [5.41, 5.74) is 1.27. The number of nitrogens with zero attached hydrogens (tertiary/aromatic N) is 1. The van der Waals surface area contributed by atoms with Gasteiger partial charge in [0.2, 0.25) is 0 Å². The molecule has 3 heteroatoms. The number of aliphatic hydroxyl groups excluding tert-OH is 1. The monoisotopic (exact) mass is 234 g/mol. The molecular formula is C14H22N2O. The van der Waals surface area contributed by atoms with E-state index in [0.29, 0.717) is 5.92 Å². The van der Waals surface area contributed by atoms with Crippen molar-refractivity contribution >= 4 is 0 Å². The lowest BCUT2D eigenvalue weighted by atomic mass is 9.90. The Labute approximate surface area is 103 Å². The number of nitrogens with one attached hydrogen (secondary N) is 1. The Morgan fingerprint density at radius 2 is 2.00 bits per heavy atom. The van der Waals surface area contributed by atoms with Gasteiger partial charge in [-0.1, -0.05) is 0 Å². The lowest BCUT2D eigenvalue weighted by molar-refractivity contribution is 0.124. The number of aryl methyl sites for hydroxylation is 1. The zero-order valence-corrected chi connectivity index (χ0v) is 10.3. The third-order valence-corrected chi connectivity index (χ3v) is 3.58. The SMILES string of the molecule is OC(CCc1ccncc1)CC1CCNCC1. The third-order valence-electron chi connectivity index (χ3n) is 3.58. The zero-order chi connectivity index (χ0) is 11.9. The molecule has 17 heavy (non-hydrogen) atoms. The molecule has 0 bridgehead atoms. The molecule has 2 heterocycles. The van der Waals surface area contributed by atoms with Crippen LogP contribution in [0.5, 0.6) is 0 Å². The highest BCUT2D eigenvalue weighted by atomic mass is 16.3. The van der Waals surface area contributed by atoms with Gasteiger partial charge in [0, 0.05) is 12.4 Å². The zero-order valence-electron chi connectivity index (χ0n) is 10.3. The van der Waals surface area contributed by atoms with Crippen LogP contribution < -0.4 is 5.32 Å². The summed E-state index contributed by atoms with van der Waals surface area (Å²) in [7, 11) is 0. The van der Waals surface area contributed by atoms with Crippen LogP contribution in [0, 0.1) is 5.92 Å². The van der Waals surface area contributed by atoms with Crippen molar-refractivity contribution in [1.29, 1.82) is 0 Å². The average Bonchev–Trinajstić information content (AvgIpc) is 2.39. The molecule has 1 fully saturated rings. The van der Waals surface area contributed by atoms with Crippen LogP contribution in [0.1, 0.15) is 31.2 Å². The third kappa shape index (κ3) is 4.44. The molecule has 1 aliphatic rings. The topological polar surface area (TPSA) is 45.2 Å². The van der Waals surface area contributed by atoms with Crippen molar-refractivity contribution in [3.8, 4) is 0 Å². The molecule has 1 atom stereocenters. The molecular weight excluding hydrogens is 212 g/mol. The van der Waals surface area contributed by atoms with Gasteiger partial charge in [-0.15, -0.1) is 0 Å². The maximum absolute atomic E-state index is 10.0. The molecule has 0 radical (unpaired) electrons. The molecule has 1 aromatic heterocycles. The van der Waals surface area contributed by atoms with E-state index in [-0.39, 0.29) is 6.10 Å². The van der Waals surface area contributed by atoms with E-state index >= 15 is 0 Å². The molecule has 0 saturated carbocycles. The van der Waals surface area contributed by atoms with E-state index in [0.717, 1.165) is 32.4 Å². The fourth-order valence-electron chi connectivity index (χ4n) is 2.50. The van der Waals surface area contributed by atoms with E-state index in [2.05, 4.69) is 10.3 Å². The quantitative estimate of drug-likeness (QED) is 0.816. The second-order valence-electron chi connectivity index (χ2n) is 4.98. The van der Waals surface area contributed by atoms with E-state index in [1.807, 2.05) is 24.5 Å². The normalized spacial score (nSPS) is 19.1. The van der Waals surface area contributed by atoms with Crippen LogP contribution in [0.4, 0.5) is 0 Å². The summed E-state index contributed by atoms with van der Waals surface area (Å²) in [6, 6.07) is 4.05. The Morgan fingerprint density at radius 1 is 1.29 bits per heavy atom. The molecule has 94 valence electrons. The number of rotatable bonds is 5. The Hall–Kier alpha value is -0.930. The van der Waals surface area contributed by atoms with Gasteiger partial charge >= 0.3 is 0 Å². The number of pyridine rings is 1. The van der Waals surface area contributed by atoms with Gasteiger partial charge in [-0.2, -0.15) is 0 Å². The molecule has 3 nitrogen and oxygen atoms in total. The lowest BCUT2D eigenvalue weighted by Crippen LogP contribution is -2.29. The Balaban J connectivity index is 1.68. The first-order chi connectivity index (χ1) is 8.34. The maximum Gasteiger partial charge on any atom is 0.0546 e. The van der Waals surface area contributed by atoms with Gasteiger partial charge in [0.25, 0.3) is 0 Å². The number of hydrogen-bond acceptors (Lipinski definition) is 3. The van der Waals surface area contributed by atoms with Gasteiger partial charge in [-0.05, 0) is 68.8 Å². The van der Waals surface area contributed by atoms with Crippen molar-refractivity contribution in [3.63, 3.8) is 0 Å². The van der Waals surface area contributed by atoms with E-state index in [1.54, 1.807) is 0 Å². The standard InChI is InChI=1S/C14H22N2O/c17-14(11-13-5-9-16-10-6-13)2-1-12-3-7-15-8-4-12/h3-4,7-8,13-14,16-17H,1-2,5-6,9-11H2. The molecule has 1 saturated heterocycles. The average molecular weight is 234 g/mol. The first-order valence-corrected chi connectivity index (χ1v) is 6.62.